The molecule has 1 aliphatic rings. The van der Waals surface area contributed by atoms with Gasteiger partial charge in [-0.3, -0.25) is 4.90 Å². The lowest BCUT2D eigenvalue weighted by Crippen LogP contribution is -2.43. The average molecular weight is 264 g/mol. The van der Waals surface area contributed by atoms with E-state index in [0.717, 1.165) is 24.9 Å². The maximum absolute atomic E-state index is 5.49. The topological polar surface area (TPSA) is 28.4 Å². The normalized spacial score (nSPS) is 18.7. The Hall–Kier alpha value is -0.800. The third kappa shape index (κ3) is 4.66. The summed E-state index contributed by atoms with van der Waals surface area (Å²) in [5.41, 5.74) is 0. The SMILES string of the molecule is CCCC(C)NCC(C)N(Cc1ccco1)C1CC1. The van der Waals surface area contributed by atoms with Crippen LogP contribution in [0, 0.1) is 0 Å². The van der Waals surface area contributed by atoms with Crippen molar-refractivity contribution in [3.8, 4) is 0 Å². The number of rotatable bonds is 9. The van der Waals surface area contributed by atoms with Gasteiger partial charge in [0.2, 0.25) is 0 Å². The smallest absolute Gasteiger partial charge is 0.117 e. The first kappa shape index (κ1) is 14.6. The highest BCUT2D eigenvalue weighted by Crippen LogP contribution is 2.30. The minimum Gasteiger partial charge on any atom is -0.468 e. The molecule has 3 nitrogen and oxygen atoms in total. The summed E-state index contributed by atoms with van der Waals surface area (Å²) in [6.07, 6.45) is 6.97. The maximum atomic E-state index is 5.49. The Kier molecular flexibility index (Phi) is 5.46. The van der Waals surface area contributed by atoms with E-state index in [1.165, 1.54) is 25.7 Å². The van der Waals surface area contributed by atoms with Gasteiger partial charge in [0.1, 0.15) is 5.76 Å². The molecule has 1 aromatic heterocycles. The van der Waals surface area contributed by atoms with E-state index in [1.807, 2.05) is 6.07 Å². The van der Waals surface area contributed by atoms with Crippen LogP contribution in [0.15, 0.2) is 22.8 Å². The monoisotopic (exact) mass is 264 g/mol. The largest absolute Gasteiger partial charge is 0.468 e. The highest BCUT2D eigenvalue weighted by Gasteiger charge is 2.32. The zero-order valence-electron chi connectivity index (χ0n) is 12.6. The van der Waals surface area contributed by atoms with Crippen LogP contribution in [0.5, 0.6) is 0 Å². The second-order valence-electron chi connectivity index (χ2n) is 5.93. The highest BCUT2D eigenvalue weighted by atomic mass is 16.3. The van der Waals surface area contributed by atoms with Crippen LogP contribution in [0.1, 0.15) is 52.2 Å². The van der Waals surface area contributed by atoms with Crippen LogP contribution in [0.3, 0.4) is 0 Å². The van der Waals surface area contributed by atoms with Crippen molar-refractivity contribution in [2.24, 2.45) is 0 Å². The molecule has 2 unspecified atom stereocenters. The first-order valence-corrected chi connectivity index (χ1v) is 7.72. The summed E-state index contributed by atoms with van der Waals surface area (Å²) in [6.45, 7) is 8.87. The molecule has 0 saturated heterocycles. The van der Waals surface area contributed by atoms with Crippen molar-refractivity contribution >= 4 is 0 Å². The quantitative estimate of drug-likeness (QED) is 0.741. The van der Waals surface area contributed by atoms with E-state index in [9.17, 15) is 0 Å². The Bertz CT molecular complexity index is 346. The lowest BCUT2D eigenvalue weighted by atomic mass is 10.2. The average Bonchev–Trinajstić information content (AvgIpc) is 3.10. The Balaban J connectivity index is 1.81. The van der Waals surface area contributed by atoms with Crippen molar-refractivity contribution in [1.82, 2.24) is 10.2 Å². The van der Waals surface area contributed by atoms with E-state index >= 15 is 0 Å². The van der Waals surface area contributed by atoms with Crippen LogP contribution < -0.4 is 5.32 Å². The summed E-state index contributed by atoms with van der Waals surface area (Å²) in [7, 11) is 0. The number of hydrogen-bond acceptors (Lipinski definition) is 3. The van der Waals surface area contributed by atoms with E-state index in [0.29, 0.717) is 12.1 Å². The van der Waals surface area contributed by atoms with Crippen molar-refractivity contribution in [2.45, 2.75) is 71.1 Å². The summed E-state index contributed by atoms with van der Waals surface area (Å²) in [5, 5.41) is 3.65. The summed E-state index contributed by atoms with van der Waals surface area (Å²) < 4.78 is 5.49. The Labute approximate surface area is 117 Å². The van der Waals surface area contributed by atoms with Gasteiger partial charge in [-0.1, -0.05) is 13.3 Å². The minimum atomic E-state index is 0.567. The molecule has 1 heterocycles. The molecule has 1 saturated carbocycles. The van der Waals surface area contributed by atoms with Crippen molar-refractivity contribution in [1.29, 1.82) is 0 Å². The van der Waals surface area contributed by atoms with Gasteiger partial charge in [0, 0.05) is 24.7 Å². The van der Waals surface area contributed by atoms with Crippen molar-refractivity contribution in [3.05, 3.63) is 24.2 Å². The fraction of sp³-hybridized carbons (Fsp3) is 0.750. The van der Waals surface area contributed by atoms with Gasteiger partial charge in [0.05, 0.1) is 12.8 Å². The van der Waals surface area contributed by atoms with E-state index in [1.54, 1.807) is 6.26 Å². The fourth-order valence-corrected chi connectivity index (χ4v) is 2.66. The maximum Gasteiger partial charge on any atom is 0.117 e. The summed E-state index contributed by atoms with van der Waals surface area (Å²) >= 11 is 0. The molecule has 2 rings (SSSR count). The van der Waals surface area contributed by atoms with Crippen LogP contribution in [-0.2, 0) is 6.54 Å². The molecular formula is C16H28N2O. The van der Waals surface area contributed by atoms with E-state index in [4.69, 9.17) is 4.42 Å². The van der Waals surface area contributed by atoms with Crippen LogP contribution in [0.4, 0.5) is 0 Å². The Morgan fingerprint density at radius 3 is 2.79 bits per heavy atom. The fourth-order valence-electron chi connectivity index (χ4n) is 2.66. The lowest BCUT2D eigenvalue weighted by molar-refractivity contribution is 0.168. The van der Waals surface area contributed by atoms with Crippen molar-refractivity contribution < 1.29 is 4.42 Å². The van der Waals surface area contributed by atoms with E-state index in [-0.39, 0.29) is 0 Å². The Morgan fingerprint density at radius 2 is 2.21 bits per heavy atom. The second-order valence-corrected chi connectivity index (χ2v) is 5.93. The van der Waals surface area contributed by atoms with Gasteiger partial charge in [-0.2, -0.15) is 0 Å². The van der Waals surface area contributed by atoms with Crippen molar-refractivity contribution in [2.75, 3.05) is 6.54 Å². The number of furan rings is 1. The molecule has 2 atom stereocenters. The van der Waals surface area contributed by atoms with E-state index in [2.05, 4.69) is 37.1 Å². The van der Waals surface area contributed by atoms with Crippen LogP contribution >= 0.6 is 0 Å². The number of hydrogen-bond donors (Lipinski definition) is 1. The van der Waals surface area contributed by atoms with Gasteiger partial charge in [-0.15, -0.1) is 0 Å². The summed E-state index contributed by atoms with van der Waals surface area (Å²) in [4.78, 5) is 2.59. The molecule has 19 heavy (non-hydrogen) atoms. The van der Waals surface area contributed by atoms with Gasteiger partial charge >= 0.3 is 0 Å². The number of nitrogens with zero attached hydrogens (tertiary/aromatic N) is 1. The first-order chi connectivity index (χ1) is 9.20. The van der Waals surface area contributed by atoms with Crippen LogP contribution in [0.2, 0.25) is 0 Å². The van der Waals surface area contributed by atoms with Gasteiger partial charge in [0.25, 0.3) is 0 Å². The molecule has 0 spiro atoms. The third-order valence-corrected chi connectivity index (χ3v) is 3.98. The Morgan fingerprint density at radius 1 is 1.42 bits per heavy atom. The molecule has 1 N–H and O–H groups in total. The molecule has 0 radical (unpaired) electrons. The molecular weight excluding hydrogens is 236 g/mol. The molecule has 1 aromatic rings. The molecule has 108 valence electrons. The lowest BCUT2D eigenvalue weighted by Gasteiger charge is -2.29. The molecule has 1 aliphatic carbocycles. The summed E-state index contributed by atoms with van der Waals surface area (Å²) in [6, 6.07) is 6.01. The molecule has 0 aromatic carbocycles. The second kappa shape index (κ2) is 7.11. The standard InChI is InChI=1S/C16H28N2O/c1-4-6-13(2)17-11-14(3)18(15-8-9-15)12-16-7-5-10-19-16/h5,7,10,13-15,17H,4,6,8-9,11-12H2,1-3H3. The predicted octanol–water partition coefficient (Wildman–Crippen LogP) is 3.41. The van der Waals surface area contributed by atoms with Crippen LogP contribution in [0.25, 0.3) is 0 Å². The molecule has 3 heteroatoms. The van der Waals surface area contributed by atoms with Crippen LogP contribution in [-0.4, -0.2) is 29.6 Å². The summed E-state index contributed by atoms with van der Waals surface area (Å²) in [5.74, 6) is 1.08. The van der Waals surface area contributed by atoms with Gasteiger partial charge in [0.15, 0.2) is 0 Å². The molecule has 0 bridgehead atoms. The zero-order valence-corrected chi connectivity index (χ0v) is 12.6. The van der Waals surface area contributed by atoms with Gasteiger partial charge in [-0.25, -0.2) is 0 Å². The predicted molar refractivity (Wildman–Crippen MR) is 79.1 cm³/mol. The minimum absolute atomic E-state index is 0.567. The number of nitrogens with one attached hydrogen (secondary N) is 1. The first-order valence-electron chi connectivity index (χ1n) is 7.72. The van der Waals surface area contributed by atoms with E-state index < -0.39 is 0 Å². The van der Waals surface area contributed by atoms with Gasteiger partial charge < -0.3 is 9.73 Å². The molecule has 0 aliphatic heterocycles. The highest BCUT2D eigenvalue weighted by molar-refractivity contribution is 5.00. The zero-order chi connectivity index (χ0) is 13.7. The molecule has 1 fully saturated rings. The third-order valence-electron chi connectivity index (χ3n) is 3.98. The molecule has 0 amide bonds. The van der Waals surface area contributed by atoms with Gasteiger partial charge in [-0.05, 0) is 45.2 Å². The van der Waals surface area contributed by atoms with Crippen molar-refractivity contribution in [3.63, 3.8) is 0 Å².